The molecule has 5 nitrogen and oxygen atoms in total. The van der Waals surface area contributed by atoms with E-state index in [4.69, 9.17) is 23.2 Å². The molecule has 3 aromatic carbocycles. The molecule has 0 atom stereocenters. The predicted octanol–water partition coefficient (Wildman–Crippen LogP) is 5.98. The fraction of sp³-hybridized carbons (Fsp3) is 0.136. The maximum Gasteiger partial charge on any atom is 0.419 e. The number of benzene rings is 3. The van der Waals surface area contributed by atoms with Crippen LogP contribution in [0, 0.1) is 5.82 Å². The summed E-state index contributed by atoms with van der Waals surface area (Å²) in [6.45, 7) is -0.994. The van der Waals surface area contributed by atoms with Crippen molar-refractivity contribution in [3.05, 3.63) is 93.7 Å². The number of hydrogen-bond acceptors (Lipinski definition) is 3. The predicted molar refractivity (Wildman–Crippen MR) is 121 cm³/mol. The number of rotatable bonds is 7. The van der Waals surface area contributed by atoms with E-state index in [0.29, 0.717) is 27.7 Å². The summed E-state index contributed by atoms with van der Waals surface area (Å²) < 4.78 is 79.7. The number of carbonyl (C=O) groups is 1. The van der Waals surface area contributed by atoms with E-state index in [1.807, 2.05) is 0 Å². The van der Waals surface area contributed by atoms with Crippen molar-refractivity contribution in [1.82, 2.24) is 4.31 Å². The van der Waals surface area contributed by atoms with Gasteiger partial charge >= 0.3 is 6.18 Å². The van der Waals surface area contributed by atoms with Gasteiger partial charge in [0.05, 0.1) is 17.0 Å². The summed E-state index contributed by atoms with van der Waals surface area (Å²) in [4.78, 5) is 12.5. The monoisotopic (exact) mass is 534 g/mol. The summed E-state index contributed by atoms with van der Waals surface area (Å²) in [5.41, 5.74) is -1.43. The molecule has 1 N–H and O–H groups in total. The van der Waals surface area contributed by atoms with Crippen LogP contribution in [0.1, 0.15) is 11.1 Å². The average molecular weight is 535 g/mol. The summed E-state index contributed by atoms with van der Waals surface area (Å²) >= 11 is 11.8. The molecular formula is C22H16Cl2F4N2O3S. The fourth-order valence-electron chi connectivity index (χ4n) is 3.00. The molecule has 0 unspecified atom stereocenters. The first-order valence-corrected chi connectivity index (χ1v) is 11.7. The summed E-state index contributed by atoms with van der Waals surface area (Å²) in [6.07, 6.45) is -4.97. The van der Waals surface area contributed by atoms with Crippen LogP contribution in [-0.4, -0.2) is 25.2 Å². The van der Waals surface area contributed by atoms with Gasteiger partial charge in [0, 0.05) is 22.3 Å². The molecule has 3 rings (SSSR count). The van der Waals surface area contributed by atoms with Gasteiger partial charge in [0.25, 0.3) is 0 Å². The zero-order chi connectivity index (χ0) is 25.1. The van der Waals surface area contributed by atoms with E-state index in [-0.39, 0.29) is 17.1 Å². The molecule has 0 aliphatic rings. The summed E-state index contributed by atoms with van der Waals surface area (Å²) in [7, 11) is -4.22. The third kappa shape index (κ3) is 6.47. The number of alkyl halides is 3. The van der Waals surface area contributed by atoms with Crippen LogP contribution in [0.5, 0.6) is 0 Å². The second-order valence-electron chi connectivity index (χ2n) is 7.10. The minimum atomic E-state index is -4.97. The Kier molecular flexibility index (Phi) is 7.87. The van der Waals surface area contributed by atoms with Crippen LogP contribution in [0.15, 0.2) is 71.6 Å². The normalized spacial score (nSPS) is 12.1. The van der Waals surface area contributed by atoms with E-state index >= 15 is 0 Å². The lowest BCUT2D eigenvalue weighted by Gasteiger charge is -2.22. The van der Waals surface area contributed by atoms with Crippen LogP contribution < -0.4 is 5.32 Å². The Bertz CT molecular complexity index is 1300. The van der Waals surface area contributed by atoms with Crippen molar-refractivity contribution in [2.45, 2.75) is 17.6 Å². The van der Waals surface area contributed by atoms with E-state index in [1.54, 1.807) is 18.2 Å². The van der Waals surface area contributed by atoms with E-state index in [2.05, 4.69) is 5.32 Å². The molecule has 0 radical (unpaired) electrons. The van der Waals surface area contributed by atoms with Crippen molar-refractivity contribution in [1.29, 1.82) is 0 Å². The van der Waals surface area contributed by atoms with Crippen molar-refractivity contribution < 1.29 is 30.8 Å². The van der Waals surface area contributed by atoms with Gasteiger partial charge in [-0.25, -0.2) is 12.8 Å². The van der Waals surface area contributed by atoms with Crippen molar-refractivity contribution in [3.8, 4) is 0 Å². The summed E-state index contributed by atoms with van der Waals surface area (Å²) in [6, 6.07) is 13.5. The Morgan fingerprint density at radius 2 is 1.62 bits per heavy atom. The van der Waals surface area contributed by atoms with E-state index in [9.17, 15) is 30.8 Å². The topological polar surface area (TPSA) is 66.5 Å². The molecular weight excluding hydrogens is 519 g/mol. The van der Waals surface area contributed by atoms with Crippen LogP contribution >= 0.6 is 23.2 Å². The standard InChI is InChI=1S/C22H16Cl2F4N2O3S/c23-15-4-7-18(8-5-15)34(32,33)30(12-14-2-1-3-16(24)10-14)13-21(31)29-17-6-9-20(25)19(11-17)22(26,27)28/h1-11H,12-13H2,(H,29,31). The highest BCUT2D eigenvalue weighted by atomic mass is 35.5. The second kappa shape index (κ2) is 10.3. The molecule has 0 aliphatic carbocycles. The number of sulfonamides is 1. The quantitative estimate of drug-likeness (QED) is 0.379. The van der Waals surface area contributed by atoms with Crippen LogP contribution in [0.2, 0.25) is 10.0 Å². The molecule has 0 fully saturated rings. The Labute approximate surface area is 203 Å². The largest absolute Gasteiger partial charge is 0.419 e. The van der Waals surface area contributed by atoms with Gasteiger partial charge in [-0.15, -0.1) is 0 Å². The fourth-order valence-corrected chi connectivity index (χ4v) is 4.72. The Balaban J connectivity index is 1.89. The summed E-state index contributed by atoms with van der Waals surface area (Å²) in [5, 5.41) is 2.83. The molecule has 0 saturated carbocycles. The molecule has 180 valence electrons. The number of anilines is 1. The van der Waals surface area contributed by atoms with Crippen LogP contribution in [-0.2, 0) is 27.5 Å². The highest BCUT2D eigenvalue weighted by Gasteiger charge is 2.34. The molecule has 0 heterocycles. The van der Waals surface area contributed by atoms with E-state index < -0.39 is 40.0 Å². The number of hydrogen-bond donors (Lipinski definition) is 1. The van der Waals surface area contributed by atoms with E-state index in [1.165, 1.54) is 30.3 Å². The SMILES string of the molecule is O=C(CN(Cc1cccc(Cl)c1)S(=O)(=O)c1ccc(Cl)cc1)Nc1ccc(F)c(C(F)(F)F)c1. The smallest absolute Gasteiger partial charge is 0.325 e. The Hall–Kier alpha value is -2.66. The third-order valence-electron chi connectivity index (χ3n) is 4.57. The lowest BCUT2D eigenvalue weighted by molar-refractivity contribution is -0.140. The molecule has 0 spiro atoms. The van der Waals surface area contributed by atoms with Gasteiger partial charge in [0.15, 0.2) is 0 Å². The first-order chi connectivity index (χ1) is 15.9. The van der Waals surface area contributed by atoms with Crippen LogP contribution in [0.4, 0.5) is 23.2 Å². The highest BCUT2D eigenvalue weighted by molar-refractivity contribution is 7.89. The summed E-state index contributed by atoms with van der Waals surface area (Å²) in [5.74, 6) is -2.43. The average Bonchev–Trinajstić information content (AvgIpc) is 2.74. The molecule has 1 amide bonds. The maximum absolute atomic E-state index is 13.5. The van der Waals surface area contributed by atoms with Gasteiger partial charge in [0.1, 0.15) is 5.82 Å². The van der Waals surface area contributed by atoms with Gasteiger partial charge in [-0.3, -0.25) is 4.79 Å². The molecule has 0 aromatic heterocycles. The lowest BCUT2D eigenvalue weighted by atomic mass is 10.2. The zero-order valence-electron chi connectivity index (χ0n) is 17.1. The molecule has 0 aliphatic heterocycles. The molecule has 3 aromatic rings. The Morgan fingerprint density at radius 3 is 2.24 bits per heavy atom. The molecule has 0 bridgehead atoms. The number of nitrogens with zero attached hydrogens (tertiary/aromatic N) is 1. The van der Waals surface area contributed by atoms with Crippen LogP contribution in [0.25, 0.3) is 0 Å². The second-order valence-corrected chi connectivity index (χ2v) is 9.91. The number of carbonyl (C=O) groups excluding carboxylic acids is 1. The maximum atomic E-state index is 13.5. The molecule has 0 saturated heterocycles. The zero-order valence-corrected chi connectivity index (χ0v) is 19.4. The minimum Gasteiger partial charge on any atom is -0.325 e. The molecule has 34 heavy (non-hydrogen) atoms. The Morgan fingerprint density at radius 1 is 0.941 bits per heavy atom. The number of halogens is 6. The van der Waals surface area contributed by atoms with Crippen molar-refractivity contribution in [2.24, 2.45) is 0 Å². The van der Waals surface area contributed by atoms with Crippen molar-refractivity contribution >= 4 is 44.8 Å². The minimum absolute atomic E-state index is 0.145. The van der Waals surface area contributed by atoms with Gasteiger partial charge in [-0.05, 0) is 60.2 Å². The van der Waals surface area contributed by atoms with Gasteiger partial charge < -0.3 is 5.32 Å². The number of nitrogens with one attached hydrogen (secondary N) is 1. The lowest BCUT2D eigenvalue weighted by Crippen LogP contribution is -2.37. The first kappa shape index (κ1) is 26.0. The van der Waals surface area contributed by atoms with Crippen molar-refractivity contribution in [2.75, 3.05) is 11.9 Å². The van der Waals surface area contributed by atoms with Gasteiger partial charge in [-0.1, -0.05) is 35.3 Å². The third-order valence-corrected chi connectivity index (χ3v) is 6.87. The van der Waals surface area contributed by atoms with Gasteiger partial charge in [0.2, 0.25) is 15.9 Å². The highest BCUT2D eigenvalue weighted by Crippen LogP contribution is 2.33. The van der Waals surface area contributed by atoms with Crippen LogP contribution in [0.3, 0.4) is 0 Å². The first-order valence-electron chi connectivity index (χ1n) is 9.53. The van der Waals surface area contributed by atoms with E-state index in [0.717, 1.165) is 10.4 Å². The number of amides is 1. The molecule has 12 heteroatoms. The van der Waals surface area contributed by atoms with Crippen molar-refractivity contribution in [3.63, 3.8) is 0 Å². The van der Waals surface area contributed by atoms with Gasteiger partial charge in [-0.2, -0.15) is 17.5 Å².